The summed E-state index contributed by atoms with van der Waals surface area (Å²) >= 11 is 0. The molecule has 0 saturated heterocycles. The van der Waals surface area contributed by atoms with Gasteiger partial charge in [-0.3, -0.25) is 4.79 Å². The molecule has 2 rings (SSSR count). The van der Waals surface area contributed by atoms with E-state index >= 15 is 0 Å². The van der Waals surface area contributed by atoms with E-state index in [9.17, 15) is 4.79 Å². The zero-order valence-electron chi connectivity index (χ0n) is 12.6. The minimum Gasteiger partial charge on any atom is -0.387 e. The summed E-state index contributed by atoms with van der Waals surface area (Å²) in [6.45, 7) is 2.17. The summed E-state index contributed by atoms with van der Waals surface area (Å²) in [5.74, 6) is 0.701. The second-order valence-electron chi connectivity index (χ2n) is 5.68. The van der Waals surface area contributed by atoms with E-state index in [1.54, 1.807) is 0 Å². The van der Waals surface area contributed by atoms with Crippen molar-refractivity contribution < 1.29 is 4.79 Å². The van der Waals surface area contributed by atoms with Crippen LogP contribution in [0.3, 0.4) is 0 Å². The Labute approximate surface area is 122 Å². The first-order valence-corrected chi connectivity index (χ1v) is 7.84. The van der Waals surface area contributed by atoms with Gasteiger partial charge in [-0.2, -0.15) is 0 Å². The second-order valence-corrected chi connectivity index (χ2v) is 5.68. The first-order chi connectivity index (χ1) is 9.76. The highest BCUT2D eigenvalue weighted by atomic mass is 16.1. The van der Waals surface area contributed by atoms with Crippen LogP contribution in [0.25, 0.3) is 0 Å². The number of rotatable bonds is 5. The molecule has 1 aromatic carbocycles. The molecule has 1 aliphatic carbocycles. The fraction of sp³-hybridized carbons (Fsp3) is 0.588. The summed E-state index contributed by atoms with van der Waals surface area (Å²) < 4.78 is 0. The fourth-order valence-electron chi connectivity index (χ4n) is 3.24. The van der Waals surface area contributed by atoms with Gasteiger partial charge in [0.15, 0.2) is 0 Å². The van der Waals surface area contributed by atoms with Gasteiger partial charge in [0, 0.05) is 18.8 Å². The quantitative estimate of drug-likeness (QED) is 0.857. The summed E-state index contributed by atoms with van der Waals surface area (Å²) in [6, 6.07) is 8.00. The minimum atomic E-state index is 0.0485. The number of benzene rings is 1. The van der Waals surface area contributed by atoms with Crippen molar-refractivity contribution in [1.82, 2.24) is 5.32 Å². The number of amides is 1. The van der Waals surface area contributed by atoms with Crippen LogP contribution < -0.4 is 10.6 Å². The van der Waals surface area contributed by atoms with Crippen molar-refractivity contribution in [3.05, 3.63) is 29.8 Å². The van der Waals surface area contributed by atoms with Gasteiger partial charge >= 0.3 is 0 Å². The van der Waals surface area contributed by atoms with Crippen LogP contribution in [-0.2, 0) is 0 Å². The highest BCUT2D eigenvalue weighted by Gasteiger charge is 2.24. The Morgan fingerprint density at radius 2 is 1.95 bits per heavy atom. The Bertz CT molecular complexity index is 438. The van der Waals surface area contributed by atoms with Gasteiger partial charge in [0.25, 0.3) is 5.91 Å². The first kappa shape index (κ1) is 14.9. The summed E-state index contributed by atoms with van der Waals surface area (Å²) in [5.41, 5.74) is 1.63. The van der Waals surface area contributed by atoms with E-state index in [2.05, 4.69) is 17.6 Å². The minimum absolute atomic E-state index is 0.0485. The monoisotopic (exact) mass is 274 g/mol. The zero-order valence-corrected chi connectivity index (χ0v) is 12.6. The van der Waals surface area contributed by atoms with E-state index in [0.29, 0.717) is 12.0 Å². The average molecular weight is 274 g/mol. The Balaban J connectivity index is 2.04. The molecule has 0 spiro atoms. The van der Waals surface area contributed by atoms with Crippen molar-refractivity contribution in [2.75, 3.05) is 12.4 Å². The Kier molecular flexibility index (Phi) is 5.45. The van der Waals surface area contributed by atoms with Crippen LogP contribution in [-0.4, -0.2) is 19.0 Å². The Morgan fingerprint density at radius 1 is 1.25 bits per heavy atom. The standard InChI is InChI=1S/C17H26N2O/c1-3-15(13-9-5-4-6-10-13)19-17(20)14-11-7-8-12-16(14)18-2/h7-8,11-13,15,18H,3-6,9-10H2,1-2H3,(H,19,20). The molecule has 0 radical (unpaired) electrons. The van der Waals surface area contributed by atoms with Gasteiger partial charge in [-0.05, 0) is 37.3 Å². The molecule has 1 unspecified atom stereocenters. The van der Waals surface area contributed by atoms with Gasteiger partial charge in [0.2, 0.25) is 0 Å². The lowest BCUT2D eigenvalue weighted by Gasteiger charge is -2.30. The molecule has 0 aliphatic heterocycles. The predicted molar refractivity (Wildman–Crippen MR) is 84.1 cm³/mol. The molecule has 2 N–H and O–H groups in total. The van der Waals surface area contributed by atoms with Crippen LogP contribution in [0.2, 0.25) is 0 Å². The normalized spacial score (nSPS) is 17.5. The van der Waals surface area contributed by atoms with E-state index in [-0.39, 0.29) is 5.91 Å². The molecule has 110 valence electrons. The lowest BCUT2D eigenvalue weighted by atomic mass is 9.83. The lowest BCUT2D eigenvalue weighted by Crippen LogP contribution is -2.40. The number of hydrogen-bond acceptors (Lipinski definition) is 2. The third kappa shape index (κ3) is 3.53. The van der Waals surface area contributed by atoms with E-state index in [1.807, 2.05) is 31.3 Å². The molecular formula is C17H26N2O. The summed E-state index contributed by atoms with van der Waals surface area (Å²) in [7, 11) is 1.85. The maximum absolute atomic E-state index is 12.5. The molecule has 1 aromatic rings. The van der Waals surface area contributed by atoms with Gasteiger partial charge in [-0.15, -0.1) is 0 Å². The lowest BCUT2D eigenvalue weighted by molar-refractivity contribution is 0.0912. The molecule has 1 atom stereocenters. The van der Waals surface area contributed by atoms with Crippen LogP contribution in [0.5, 0.6) is 0 Å². The molecule has 3 heteroatoms. The van der Waals surface area contributed by atoms with Crippen molar-refractivity contribution in [3.63, 3.8) is 0 Å². The number of para-hydroxylation sites is 1. The predicted octanol–water partition coefficient (Wildman–Crippen LogP) is 3.82. The fourth-order valence-corrected chi connectivity index (χ4v) is 3.24. The third-order valence-corrected chi connectivity index (χ3v) is 4.42. The largest absolute Gasteiger partial charge is 0.387 e. The number of anilines is 1. The van der Waals surface area contributed by atoms with Crippen LogP contribution >= 0.6 is 0 Å². The molecule has 20 heavy (non-hydrogen) atoms. The van der Waals surface area contributed by atoms with Crippen LogP contribution in [0.1, 0.15) is 55.8 Å². The van der Waals surface area contributed by atoms with Gasteiger partial charge in [0.1, 0.15) is 0 Å². The van der Waals surface area contributed by atoms with Crippen LogP contribution in [0.4, 0.5) is 5.69 Å². The van der Waals surface area contributed by atoms with E-state index in [4.69, 9.17) is 0 Å². The van der Waals surface area contributed by atoms with Crippen LogP contribution in [0, 0.1) is 5.92 Å². The van der Waals surface area contributed by atoms with Crippen molar-refractivity contribution in [1.29, 1.82) is 0 Å². The molecular weight excluding hydrogens is 248 g/mol. The Hall–Kier alpha value is -1.51. The molecule has 1 aliphatic rings. The smallest absolute Gasteiger partial charge is 0.253 e. The van der Waals surface area contributed by atoms with Gasteiger partial charge < -0.3 is 10.6 Å². The topological polar surface area (TPSA) is 41.1 Å². The third-order valence-electron chi connectivity index (χ3n) is 4.42. The zero-order chi connectivity index (χ0) is 14.4. The average Bonchev–Trinajstić information content (AvgIpc) is 2.53. The second kappa shape index (κ2) is 7.32. The highest BCUT2D eigenvalue weighted by molar-refractivity contribution is 5.99. The number of nitrogens with one attached hydrogen (secondary N) is 2. The molecule has 1 amide bonds. The maximum atomic E-state index is 12.5. The molecule has 0 aromatic heterocycles. The molecule has 0 bridgehead atoms. The molecule has 1 saturated carbocycles. The summed E-state index contributed by atoms with van der Waals surface area (Å²) in [6.07, 6.45) is 7.49. The molecule has 0 heterocycles. The van der Waals surface area contributed by atoms with E-state index in [0.717, 1.165) is 17.7 Å². The van der Waals surface area contributed by atoms with E-state index in [1.165, 1.54) is 32.1 Å². The SMILES string of the molecule is CCC(NC(=O)c1ccccc1NC)C1CCCCC1. The summed E-state index contributed by atoms with van der Waals surface area (Å²) in [5, 5.41) is 6.33. The van der Waals surface area contributed by atoms with Gasteiger partial charge in [-0.1, -0.05) is 38.3 Å². The first-order valence-electron chi connectivity index (χ1n) is 7.84. The van der Waals surface area contributed by atoms with Crippen molar-refractivity contribution in [2.45, 2.75) is 51.5 Å². The number of carbonyl (C=O) groups is 1. The Morgan fingerprint density at radius 3 is 2.60 bits per heavy atom. The van der Waals surface area contributed by atoms with Crippen molar-refractivity contribution in [2.24, 2.45) is 5.92 Å². The van der Waals surface area contributed by atoms with Gasteiger partial charge in [0.05, 0.1) is 5.56 Å². The molecule has 3 nitrogen and oxygen atoms in total. The summed E-state index contributed by atoms with van der Waals surface area (Å²) in [4.78, 5) is 12.5. The van der Waals surface area contributed by atoms with Crippen LogP contribution in [0.15, 0.2) is 24.3 Å². The number of carbonyl (C=O) groups excluding carboxylic acids is 1. The van der Waals surface area contributed by atoms with Gasteiger partial charge in [-0.25, -0.2) is 0 Å². The highest BCUT2D eigenvalue weighted by Crippen LogP contribution is 2.28. The van der Waals surface area contributed by atoms with Crippen molar-refractivity contribution >= 4 is 11.6 Å². The maximum Gasteiger partial charge on any atom is 0.253 e. The molecule has 1 fully saturated rings. The van der Waals surface area contributed by atoms with E-state index < -0.39 is 0 Å². The van der Waals surface area contributed by atoms with Crippen molar-refractivity contribution in [3.8, 4) is 0 Å². The number of hydrogen-bond donors (Lipinski definition) is 2.